The molecule has 13 rings (SSSR count). The van der Waals surface area contributed by atoms with Crippen LogP contribution >= 0.6 is 0 Å². The number of aryl methyl sites for hydroxylation is 1. The number of nitrogens with zero attached hydrogens (tertiary/aromatic N) is 3. The van der Waals surface area contributed by atoms with Crippen LogP contribution in [0.25, 0.3) is 76.7 Å². The fourth-order valence-corrected chi connectivity index (χ4v) is 10.2. The lowest BCUT2D eigenvalue weighted by Crippen LogP contribution is -2.37. The van der Waals surface area contributed by atoms with Gasteiger partial charge in [0.15, 0.2) is 7.28 Å². The third-order valence-electron chi connectivity index (χ3n) is 12.8. The van der Waals surface area contributed by atoms with Crippen LogP contribution in [0.5, 0.6) is 0 Å². The Bertz CT molecular complexity index is 3640. The summed E-state index contributed by atoms with van der Waals surface area (Å²) in [5.74, 6) is 0. The van der Waals surface area contributed by atoms with Gasteiger partial charge in [0.05, 0.1) is 27.8 Å². The number of para-hydroxylation sites is 7. The fraction of sp³-hybridized carbons (Fsp3) is 0.0182. The number of hydrogen-bond donors (Lipinski definition) is 1. The second-order valence-electron chi connectivity index (χ2n) is 16.0. The van der Waals surface area contributed by atoms with Crippen molar-refractivity contribution in [2.24, 2.45) is 0 Å². The van der Waals surface area contributed by atoms with Gasteiger partial charge in [-0.25, -0.2) is 0 Å². The minimum Gasteiger partial charge on any atom is -0.354 e. The number of fused-ring (bicyclic) bond motifs is 11. The minimum absolute atomic E-state index is 1.08. The van der Waals surface area contributed by atoms with Gasteiger partial charge in [-0.05, 0) is 84.2 Å². The lowest BCUT2D eigenvalue weighted by atomic mass is 9.59. The van der Waals surface area contributed by atoms with Crippen molar-refractivity contribution in [3.8, 4) is 16.8 Å². The molecule has 0 aliphatic carbocycles. The van der Waals surface area contributed by atoms with E-state index in [1.54, 1.807) is 0 Å². The number of rotatable bonds is 6. The van der Waals surface area contributed by atoms with Gasteiger partial charge in [0.25, 0.3) is 0 Å². The summed E-state index contributed by atoms with van der Waals surface area (Å²) in [7, 11) is 2.42. The van der Waals surface area contributed by atoms with Crippen LogP contribution in [0.3, 0.4) is 0 Å². The fourth-order valence-electron chi connectivity index (χ4n) is 10.2. The lowest BCUT2D eigenvalue weighted by Gasteiger charge is -2.30. The largest absolute Gasteiger partial charge is 0.354 e. The maximum atomic E-state index is 4.09. The van der Waals surface area contributed by atoms with Crippen LogP contribution in [0.1, 0.15) is 5.56 Å². The summed E-state index contributed by atoms with van der Waals surface area (Å²) in [6.45, 7) is 2.19. The van der Waals surface area contributed by atoms with Gasteiger partial charge >= 0.3 is 0 Å². The lowest BCUT2D eigenvalue weighted by molar-refractivity contribution is 1.18. The van der Waals surface area contributed by atoms with E-state index in [-0.39, 0.29) is 0 Å². The molecular weight excluding hydrogens is 727 g/mol. The van der Waals surface area contributed by atoms with E-state index in [4.69, 9.17) is 0 Å². The summed E-state index contributed by atoms with van der Waals surface area (Å²) in [6, 6.07) is 70.9. The molecule has 3 aromatic heterocycles. The van der Waals surface area contributed by atoms with Gasteiger partial charge < -0.3 is 19.2 Å². The average molecular weight is 764 g/mol. The molecule has 1 aliphatic heterocycles. The standard InChI is InChI=1S/C55H36BN4/c1-34-16-8-11-27-46(34)57-53-40(30-31-49-51(53)43-25-14-23-41-38-21-9-12-28-47(38)59(49)54(41)43)44-32-37(58(35-17-4-2-5-18-35)36-19-6-3-7-20-36)33-50-52(44)56-45-26-15-24-42-39-22-10-13-29-48(39)60(50)55(42)45/h2-33,57H,1H3. The SMILES string of the molecule is Cc1ccccc1Nc1c(-c2cc(N(c3ccccc3)c3ccccc3)cc3c2[B]c2cccc4c5ccccc5n-3c24)ccc2c1c1cccc3c4ccccc4n2c31. The van der Waals surface area contributed by atoms with Crippen molar-refractivity contribution >= 4 is 107 Å². The molecule has 0 atom stereocenters. The van der Waals surface area contributed by atoms with E-state index < -0.39 is 0 Å². The molecule has 0 saturated heterocycles. The first-order chi connectivity index (χ1) is 29.7. The number of aromatic nitrogens is 2. The second-order valence-corrected chi connectivity index (χ2v) is 16.0. The Kier molecular flexibility index (Phi) is 6.99. The van der Waals surface area contributed by atoms with Gasteiger partial charge in [0.2, 0.25) is 0 Å². The van der Waals surface area contributed by atoms with Crippen LogP contribution in [-0.4, -0.2) is 16.2 Å². The van der Waals surface area contributed by atoms with E-state index in [9.17, 15) is 0 Å². The van der Waals surface area contributed by atoms with E-state index in [1.807, 2.05) is 0 Å². The van der Waals surface area contributed by atoms with Gasteiger partial charge in [-0.3, -0.25) is 0 Å². The molecule has 279 valence electrons. The van der Waals surface area contributed by atoms with Crippen molar-refractivity contribution in [3.05, 3.63) is 200 Å². The van der Waals surface area contributed by atoms with Crippen LogP contribution in [0.4, 0.5) is 28.4 Å². The molecule has 60 heavy (non-hydrogen) atoms. The van der Waals surface area contributed by atoms with E-state index >= 15 is 0 Å². The highest BCUT2D eigenvalue weighted by Gasteiger charge is 2.30. The first-order valence-corrected chi connectivity index (χ1v) is 20.7. The number of hydrogen-bond acceptors (Lipinski definition) is 2. The van der Waals surface area contributed by atoms with Crippen molar-refractivity contribution < 1.29 is 0 Å². The molecule has 9 aromatic carbocycles. The summed E-state index contributed by atoms with van der Waals surface area (Å²) in [4.78, 5) is 2.40. The number of benzene rings is 9. The molecule has 1 aliphatic rings. The molecule has 0 saturated carbocycles. The highest BCUT2D eigenvalue weighted by Crippen LogP contribution is 2.48. The maximum absolute atomic E-state index is 4.09. The van der Waals surface area contributed by atoms with Crippen LogP contribution in [0.15, 0.2) is 194 Å². The number of nitrogens with one attached hydrogen (secondary N) is 1. The van der Waals surface area contributed by atoms with Crippen molar-refractivity contribution in [2.75, 3.05) is 10.2 Å². The molecule has 0 fully saturated rings. The zero-order valence-corrected chi connectivity index (χ0v) is 32.9. The maximum Gasteiger partial charge on any atom is 0.197 e. The Hall–Kier alpha value is -7.76. The smallest absolute Gasteiger partial charge is 0.197 e. The Labute approximate surface area is 347 Å². The molecule has 1 N–H and O–H groups in total. The van der Waals surface area contributed by atoms with E-state index in [0.29, 0.717) is 0 Å². The third-order valence-corrected chi connectivity index (χ3v) is 12.8. The second kappa shape index (κ2) is 12.6. The summed E-state index contributed by atoms with van der Waals surface area (Å²) >= 11 is 0. The molecule has 5 heteroatoms. The molecule has 0 spiro atoms. The minimum atomic E-state index is 1.08. The predicted octanol–water partition coefficient (Wildman–Crippen LogP) is 13.1. The normalized spacial score (nSPS) is 12.2. The third kappa shape index (κ3) is 4.63. The quantitative estimate of drug-likeness (QED) is 0.171. The van der Waals surface area contributed by atoms with Crippen LogP contribution in [0.2, 0.25) is 0 Å². The zero-order valence-electron chi connectivity index (χ0n) is 32.9. The van der Waals surface area contributed by atoms with Gasteiger partial charge in [0, 0.05) is 71.8 Å². The molecule has 0 amide bonds. The molecule has 1 radical (unpaired) electrons. The zero-order chi connectivity index (χ0) is 39.5. The summed E-state index contributed by atoms with van der Waals surface area (Å²) in [5.41, 5.74) is 18.7. The van der Waals surface area contributed by atoms with E-state index in [1.165, 1.54) is 76.4 Å². The van der Waals surface area contributed by atoms with Crippen LogP contribution in [0, 0.1) is 6.92 Å². The van der Waals surface area contributed by atoms with E-state index in [2.05, 4.69) is 228 Å². The van der Waals surface area contributed by atoms with Crippen molar-refractivity contribution in [1.29, 1.82) is 0 Å². The average Bonchev–Trinajstić information content (AvgIpc) is 3.95. The Morgan fingerprint density at radius 2 is 1.08 bits per heavy atom. The monoisotopic (exact) mass is 763 g/mol. The van der Waals surface area contributed by atoms with Crippen molar-refractivity contribution in [1.82, 2.24) is 8.97 Å². The molecule has 4 nitrogen and oxygen atoms in total. The van der Waals surface area contributed by atoms with Gasteiger partial charge in [-0.2, -0.15) is 0 Å². The predicted molar refractivity (Wildman–Crippen MR) is 255 cm³/mol. The van der Waals surface area contributed by atoms with E-state index in [0.717, 1.165) is 45.3 Å². The Morgan fingerprint density at radius 1 is 0.467 bits per heavy atom. The van der Waals surface area contributed by atoms with Crippen molar-refractivity contribution in [2.45, 2.75) is 6.92 Å². The summed E-state index contributed by atoms with van der Waals surface area (Å²) in [6.07, 6.45) is 0. The Balaban J connectivity index is 1.19. The Morgan fingerprint density at radius 3 is 1.85 bits per heavy atom. The van der Waals surface area contributed by atoms with Gasteiger partial charge in [-0.1, -0.05) is 139 Å². The van der Waals surface area contributed by atoms with Gasteiger partial charge in [-0.15, -0.1) is 0 Å². The summed E-state index contributed by atoms with van der Waals surface area (Å²) < 4.78 is 4.99. The van der Waals surface area contributed by atoms with Gasteiger partial charge in [0.1, 0.15) is 0 Å². The molecular formula is C55H36BN4. The molecule has 12 aromatic rings. The van der Waals surface area contributed by atoms with Crippen LogP contribution in [-0.2, 0) is 0 Å². The summed E-state index contributed by atoms with van der Waals surface area (Å²) in [5, 5.41) is 11.6. The number of anilines is 5. The van der Waals surface area contributed by atoms with Crippen LogP contribution < -0.4 is 21.1 Å². The topological polar surface area (TPSA) is 24.6 Å². The highest BCUT2D eigenvalue weighted by atomic mass is 15.1. The molecule has 0 unspecified atom stereocenters. The first kappa shape index (κ1) is 33.2. The molecule has 4 heterocycles. The molecule has 0 bridgehead atoms. The first-order valence-electron chi connectivity index (χ1n) is 20.7. The highest BCUT2D eigenvalue weighted by molar-refractivity contribution is 6.73. The van der Waals surface area contributed by atoms with Crippen molar-refractivity contribution in [3.63, 3.8) is 0 Å².